The van der Waals surface area contributed by atoms with E-state index in [2.05, 4.69) is 18.1 Å². The second kappa shape index (κ2) is 6.09. The minimum absolute atomic E-state index is 0.181. The SMILES string of the molecule is COc1cnn(C(C)C)c1C(O)Cc1ccccc1C. The van der Waals surface area contributed by atoms with E-state index in [1.54, 1.807) is 13.3 Å². The number of nitrogens with zero attached hydrogens (tertiary/aromatic N) is 2. The van der Waals surface area contributed by atoms with Gasteiger partial charge in [-0.25, -0.2) is 0 Å². The molecule has 0 aliphatic rings. The summed E-state index contributed by atoms with van der Waals surface area (Å²) in [6.45, 7) is 6.13. The molecule has 0 amide bonds. The molecule has 108 valence electrons. The number of aliphatic hydroxyl groups excluding tert-OH is 1. The number of ether oxygens (including phenoxy) is 1. The number of aromatic nitrogens is 2. The zero-order valence-electron chi connectivity index (χ0n) is 12.5. The van der Waals surface area contributed by atoms with Gasteiger partial charge in [-0.2, -0.15) is 5.10 Å². The first kappa shape index (κ1) is 14.6. The molecule has 4 nitrogen and oxygen atoms in total. The van der Waals surface area contributed by atoms with E-state index in [4.69, 9.17) is 4.74 Å². The highest BCUT2D eigenvalue weighted by Crippen LogP contribution is 2.30. The lowest BCUT2D eigenvalue weighted by Gasteiger charge is -2.18. The van der Waals surface area contributed by atoms with Crippen molar-refractivity contribution in [1.29, 1.82) is 0 Å². The van der Waals surface area contributed by atoms with Crippen molar-refractivity contribution in [2.45, 2.75) is 39.3 Å². The molecule has 0 spiro atoms. The Morgan fingerprint density at radius 1 is 1.30 bits per heavy atom. The molecule has 1 N–H and O–H groups in total. The summed E-state index contributed by atoms with van der Waals surface area (Å²) in [5.74, 6) is 0.639. The van der Waals surface area contributed by atoms with Crippen LogP contribution in [0.5, 0.6) is 5.75 Å². The van der Waals surface area contributed by atoms with Crippen LogP contribution in [0.1, 0.15) is 42.8 Å². The van der Waals surface area contributed by atoms with Gasteiger partial charge in [0.25, 0.3) is 0 Å². The molecular weight excluding hydrogens is 252 g/mol. The van der Waals surface area contributed by atoms with Crippen LogP contribution in [0.15, 0.2) is 30.5 Å². The van der Waals surface area contributed by atoms with Crippen LogP contribution < -0.4 is 4.74 Å². The Hall–Kier alpha value is -1.81. The van der Waals surface area contributed by atoms with Gasteiger partial charge in [-0.3, -0.25) is 4.68 Å². The fraction of sp³-hybridized carbons (Fsp3) is 0.438. The van der Waals surface area contributed by atoms with Crippen LogP contribution in [0.2, 0.25) is 0 Å². The van der Waals surface area contributed by atoms with E-state index in [0.29, 0.717) is 12.2 Å². The van der Waals surface area contributed by atoms with Crippen molar-refractivity contribution < 1.29 is 9.84 Å². The maximum Gasteiger partial charge on any atom is 0.162 e. The minimum Gasteiger partial charge on any atom is -0.493 e. The van der Waals surface area contributed by atoms with E-state index in [1.165, 1.54) is 5.56 Å². The molecule has 1 aromatic heterocycles. The lowest BCUT2D eigenvalue weighted by molar-refractivity contribution is 0.160. The van der Waals surface area contributed by atoms with Crippen LogP contribution >= 0.6 is 0 Å². The number of aliphatic hydroxyl groups is 1. The Bertz CT molecular complexity index is 576. The third-order valence-corrected chi connectivity index (χ3v) is 3.50. The van der Waals surface area contributed by atoms with Gasteiger partial charge < -0.3 is 9.84 Å². The Labute approximate surface area is 120 Å². The Balaban J connectivity index is 2.31. The molecule has 2 aromatic rings. The summed E-state index contributed by atoms with van der Waals surface area (Å²) in [6, 6.07) is 8.27. The molecule has 1 aromatic carbocycles. The van der Waals surface area contributed by atoms with E-state index in [9.17, 15) is 5.11 Å². The molecule has 0 aliphatic carbocycles. The molecule has 0 bridgehead atoms. The first-order chi connectivity index (χ1) is 9.54. The van der Waals surface area contributed by atoms with E-state index in [-0.39, 0.29) is 6.04 Å². The lowest BCUT2D eigenvalue weighted by Crippen LogP contribution is -2.14. The van der Waals surface area contributed by atoms with Crippen LogP contribution in [0, 0.1) is 6.92 Å². The summed E-state index contributed by atoms with van der Waals surface area (Å²) in [5, 5.41) is 14.9. The summed E-state index contributed by atoms with van der Waals surface area (Å²) >= 11 is 0. The van der Waals surface area contributed by atoms with Crippen molar-refractivity contribution in [3.63, 3.8) is 0 Å². The van der Waals surface area contributed by atoms with Gasteiger partial charge in [-0.1, -0.05) is 24.3 Å². The third kappa shape index (κ3) is 2.85. The standard InChI is InChI=1S/C16H22N2O2/c1-11(2)18-16(15(20-4)10-17-18)14(19)9-13-8-6-5-7-12(13)3/h5-8,10-11,14,19H,9H2,1-4H3. The maximum absolute atomic E-state index is 10.6. The third-order valence-electron chi connectivity index (χ3n) is 3.50. The smallest absolute Gasteiger partial charge is 0.162 e. The Morgan fingerprint density at radius 3 is 2.60 bits per heavy atom. The second-order valence-corrected chi connectivity index (χ2v) is 5.28. The molecule has 1 unspecified atom stereocenters. The predicted molar refractivity (Wildman–Crippen MR) is 79.0 cm³/mol. The quantitative estimate of drug-likeness (QED) is 0.911. The normalized spacial score (nSPS) is 12.7. The molecule has 4 heteroatoms. The van der Waals surface area contributed by atoms with E-state index in [0.717, 1.165) is 11.3 Å². The van der Waals surface area contributed by atoms with Gasteiger partial charge >= 0.3 is 0 Å². The van der Waals surface area contributed by atoms with E-state index in [1.807, 2.05) is 36.7 Å². The summed E-state index contributed by atoms with van der Waals surface area (Å²) < 4.78 is 7.14. The first-order valence-electron chi connectivity index (χ1n) is 6.88. The minimum atomic E-state index is -0.629. The molecule has 0 fully saturated rings. The number of hydrogen-bond donors (Lipinski definition) is 1. The van der Waals surface area contributed by atoms with Crippen molar-refractivity contribution in [1.82, 2.24) is 9.78 Å². The fourth-order valence-electron chi connectivity index (χ4n) is 2.39. The van der Waals surface area contributed by atoms with Crippen molar-refractivity contribution >= 4 is 0 Å². The molecular formula is C16H22N2O2. The van der Waals surface area contributed by atoms with E-state index < -0.39 is 6.10 Å². The molecule has 0 radical (unpaired) electrons. The summed E-state index contributed by atoms with van der Waals surface area (Å²) in [5.41, 5.74) is 3.06. The zero-order valence-corrected chi connectivity index (χ0v) is 12.5. The van der Waals surface area contributed by atoms with Crippen LogP contribution in [-0.2, 0) is 6.42 Å². The van der Waals surface area contributed by atoms with Crippen molar-refractivity contribution in [3.05, 3.63) is 47.3 Å². The highest BCUT2D eigenvalue weighted by atomic mass is 16.5. The zero-order chi connectivity index (χ0) is 14.7. The highest BCUT2D eigenvalue weighted by molar-refractivity contribution is 5.32. The molecule has 1 atom stereocenters. The van der Waals surface area contributed by atoms with Gasteiger partial charge in [0.2, 0.25) is 0 Å². The average molecular weight is 274 g/mol. The average Bonchev–Trinajstić information content (AvgIpc) is 2.85. The topological polar surface area (TPSA) is 47.3 Å². The number of benzene rings is 1. The van der Waals surface area contributed by atoms with Gasteiger partial charge in [0.15, 0.2) is 5.75 Å². The van der Waals surface area contributed by atoms with Crippen LogP contribution in [0.3, 0.4) is 0 Å². The van der Waals surface area contributed by atoms with Crippen LogP contribution in [0.4, 0.5) is 0 Å². The molecule has 20 heavy (non-hydrogen) atoms. The van der Waals surface area contributed by atoms with Crippen LogP contribution in [0.25, 0.3) is 0 Å². The highest BCUT2D eigenvalue weighted by Gasteiger charge is 2.22. The van der Waals surface area contributed by atoms with Crippen LogP contribution in [-0.4, -0.2) is 22.0 Å². The Morgan fingerprint density at radius 2 is 2.00 bits per heavy atom. The lowest BCUT2D eigenvalue weighted by atomic mass is 10.0. The molecule has 0 saturated heterocycles. The molecule has 1 heterocycles. The number of aryl methyl sites for hydroxylation is 1. The molecule has 0 aliphatic heterocycles. The number of rotatable bonds is 5. The van der Waals surface area contributed by atoms with Gasteiger partial charge in [0.05, 0.1) is 13.3 Å². The van der Waals surface area contributed by atoms with Gasteiger partial charge in [0.1, 0.15) is 11.8 Å². The van der Waals surface area contributed by atoms with E-state index >= 15 is 0 Å². The van der Waals surface area contributed by atoms with Crippen molar-refractivity contribution in [2.75, 3.05) is 7.11 Å². The van der Waals surface area contributed by atoms with Crippen molar-refractivity contribution in [2.24, 2.45) is 0 Å². The van der Waals surface area contributed by atoms with Gasteiger partial charge in [0, 0.05) is 12.5 Å². The summed E-state index contributed by atoms with van der Waals surface area (Å²) in [7, 11) is 1.60. The molecule has 2 rings (SSSR count). The fourth-order valence-corrected chi connectivity index (χ4v) is 2.39. The maximum atomic E-state index is 10.6. The number of hydrogen-bond acceptors (Lipinski definition) is 3. The number of methoxy groups -OCH3 is 1. The van der Waals surface area contributed by atoms with Crippen molar-refractivity contribution in [3.8, 4) is 5.75 Å². The van der Waals surface area contributed by atoms with Gasteiger partial charge in [-0.05, 0) is 31.9 Å². The predicted octanol–water partition coefficient (Wildman–Crippen LogP) is 3.06. The summed E-state index contributed by atoms with van der Waals surface area (Å²) in [6.07, 6.45) is 1.59. The summed E-state index contributed by atoms with van der Waals surface area (Å²) in [4.78, 5) is 0. The second-order valence-electron chi connectivity index (χ2n) is 5.28. The van der Waals surface area contributed by atoms with Gasteiger partial charge in [-0.15, -0.1) is 0 Å². The molecule has 0 saturated carbocycles. The Kier molecular flexibility index (Phi) is 4.45. The first-order valence-corrected chi connectivity index (χ1v) is 6.88. The monoisotopic (exact) mass is 274 g/mol. The largest absolute Gasteiger partial charge is 0.493 e.